The third kappa shape index (κ3) is 3.25. The number of nitrogens with zero attached hydrogens (tertiary/aromatic N) is 1. The van der Waals surface area contributed by atoms with Crippen LogP contribution >= 0.6 is 0 Å². The number of hydrogen-bond acceptors (Lipinski definition) is 3. The maximum absolute atomic E-state index is 5.93. The molecule has 0 aliphatic heterocycles. The van der Waals surface area contributed by atoms with Crippen LogP contribution in [0.25, 0.3) is 0 Å². The fourth-order valence-electron chi connectivity index (χ4n) is 2.00. The zero-order valence-electron chi connectivity index (χ0n) is 11.6. The molecule has 0 spiro atoms. The van der Waals surface area contributed by atoms with Crippen molar-refractivity contribution in [2.75, 3.05) is 7.11 Å². The summed E-state index contributed by atoms with van der Waals surface area (Å²) < 4.78 is 11.1. The van der Waals surface area contributed by atoms with E-state index < -0.39 is 0 Å². The minimum atomic E-state index is 0.525. The number of hydrogen-bond donors (Lipinski definition) is 0. The van der Waals surface area contributed by atoms with Gasteiger partial charge in [0.05, 0.1) is 12.8 Å². The predicted molar refractivity (Wildman–Crippen MR) is 75.7 cm³/mol. The first-order valence-electron chi connectivity index (χ1n) is 6.44. The van der Waals surface area contributed by atoms with Crippen molar-refractivity contribution >= 4 is 0 Å². The van der Waals surface area contributed by atoms with Gasteiger partial charge in [0.1, 0.15) is 18.1 Å². The minimum absolute atomic E-state index is 0.525. The largest absolute Gasteiger partial charge is 0.497 e. The monoisotopic (exact) mass is 257 g/mol. The van der Waals surface area contributed by atoms with Crippen LogP contribution in [0.4, 0.5) is 0 Å². The van der Waals surface area contributed by atoms with E-state index in [2.05, 4.69) is 11.9 Å². The molecule has 3 heteroatoms. The highest BCUT2D eigenvalue weighted by Gasteiger charge is 2.07. The summed E-state index contributed by atoms with van der Waals surface area (Å²) in [6.07, 6.45) is 2.77. The Kier molecular flexibility index (Phi) is 4.39. The third-order valence-corrected chi connectivity index (χ3v) is 3.06. The number of rotatable bonds is 5. The zero-order chi connectivity index (χ0) is 13.7. The van der Waals surface area contributed by atoms with Gasteiger partial charge in [0, 0.05) is 6.20 Å². The highest BCUT2D eigenvalue weighted by atomic mass is 16.5. The molecule has 0 aliphatic carbocycles. The fraction of sp³-hybridized carbons (Fsp3) is 0.312. The van der Waals surface area contributed by atoms with Gasteiger partial charge in [-0.3, -0.25) is 4.98 Å². The summed E-state index contributed by atoms with van der Waals surface area (Å²) in [5.41, 5.74) is 3.21. The highest BCUT2D eigenvalue weighted by molar-refractivity contribution is 5.36. The molecule has 0 saturated heterocycles. The summed E-state index contributed by atoms with van der Waals surface area (Å²) in [4.78, 5) is 4.28. The van der Waals surface area contributed by atoms with E-state index in [1.165, 1.54) is 5.56 Å². The Bertz CT molecular complexity index is 552. The van der Waals surface area contributed by atoms with E-state index >= 15 is 0 Å². The van der Waals surface area contributed by atoms with Crippen LogP contribution in [0.2, 0.25) is 0 Å². The van der Waals surface area contributed by atoms with Gasteiger partial charge in [0.2, 0.25) is 0 Å². The van der Waals surface area contributed by atoms with Gasteiger partial charge in [-0.2, -0.15) is 0 Å². The van der Waals surface area contributed by atoms with Gasteiger partial charge >= 0.3 is 0 Å². The predicted octanol–water partition coefficient (Wildman–Crippen LogP) is 3.54. The van der Waals surface area contributed by atoms with E-state index in [0.29, 0.717) is 6.61 Å². The summed E-state index contributed by atoms with van der Waals surface area (Å²) in [6.45, 7) is 4.62. The molecule has 0 unspecified atom stereocenters. The van der Waals surface area contributed by atoms with Crippen molar-refractivity contribution in [1.82, 2.24) is 4.98 Å². The second-order valence-electron chi connectivity index (χ2n) is 4.38. The molecule has 3 nitrogen and oxygen atoms in total. The smallest absolute Gasteiger partial charge is 0.144 e. The van der Waals surface area contributed by atoms with Gasteiger partial charge in [0.15, 0.2) is 0 Å². The number of pyridine rings is 1. The van der Waals surface area contributed by atoms with Crippen molar-refractivity contribution < 1.29 is 9.47 Å². The van der Waals surface area contributed by atoms with E-state index in [1.807, 2.05) is 43.5 Å². The third-order valence-electron chi connectivity index (χ3n) is 3.06. The van der Waals surface area contributed by atoms with Crippen LogP contribution in [0.1, 0.15) is 23.7 Å². The molecule has 0 radical (unpaired) electrons. The average Bonchev–Trinajstić information content (AvgIpc) is 2.46. The van der Waals surface area contributed by atoms with Crippen molar-refractivity contribution in [3.63, 3.8) is 0 Å². The van der Waals surface area contributed by atoms with Crippen LogP contribution in [0.3, 0.4) is 0 Å². The van der Waals surface area contributed by atoms with Crippen LogP contribution in [-0.2, 0) is 13.0 Å². The lowest BCUT2D eigenvalue weighted by Gasteiger charge is -2.13. The molecule has 19 heavy (non-hydrogen) atoms. The summed E-state index contributed by atoms with van der Waals surface area (Å²) in [7, 11) is 1.67. The first kappa shape index (κ1) is 13.4. The second kappa shape index (κ2) is 6.23. The summed E-state index contributed by atoms with van der Waals surface area (Å²) >= 11 is 0. The van der Waals surface area contributed by atoms with E-state index in [4.69, 9.17) is 9.47 Å². The maximum atomic E-state index is 5.93. The first-order chi connectivity index (χ1) is 9.24. The molecular weight excluding hydrogens is 238 g/mol. The van der Waals surface area contributed by atoms with Crippen molar-refractivity contribution in [3.05, 3.63) is 53.3 Å². The number of methoxy groups -OCH3 is 1. The van der Waals surface area contributed by atoms with Gasteiger partial charge in [-0.15, -0.1) is 0 Å². The lowest BCUT2D eigenvalue weighted by Crippen LogP contribution is -2.01. The molecule has 0 amide bonds. The SMILES string of the molecule is CCc1ccnc(C)c1OCc1cccc(OC)c1. The Balaban J connectivity index is 2.14. The molecule has 100 valence electrons. The number of aryl methyl sites for hydroxylation is 2. The lowest BCUT2D eigenvalue weighted by molar-refractivity contribution is 0.298. The molecule has 0 saturated carbocycles. The standard InChI is InChI=1S/C16H19NO2/c1-4-14-8-9-17-12(2)16(14)19-11-13-6-5-7-15(10-13)18-3/h5-10H,4,11H2,1-3H3. The Morgan fingerprint density at radius 2 is 2.05 bits per heavy atom. The van der Waals surface area contributed by atoms with E-state index in [0.717, 1.165) is 29.2 Å². The normalized spacial score (nSPS) is 10.3. The maximum Gasteiger partial charge on any atom is 0.144 e. The first-order valence-corrected chi connectivity index (χ1v) is 6.44. The summed E-state index contributed by atoms with van der Waals surface area (Å²) in [5, 5.41) is 0. The minimum Gasteiger partial charge on any atom is -0.497 e. The molecule has 1 aromatic carbocycles. The van der Waals surface area contributed by atoms with Gasteiger partial charge in [-0.1, -0.05) is 19.1 Å². The molecule has 1 heterocycles. The van der Waals surface area contributed by atoms with Crippen LogP contribution < -0.4 is 9.47 Å². The zero-order valence-corrected chi connectivity index (χ0v) is 11.6. The average molecular weight is 257 g/mol. The quantitative estimate of drug-likeness (QED) is 0.821. The number of ether oxygens (including phenoxy) is 2. The Labute approximate surface area is 114 Å². The van der Waals surface area contributed by atoms with E-state index in [9.17, 15) is 0 Å². The molecule has 2 rings (SSSR count). The van der Waals surface area contributed by atoms with Crippen LogP contribution in [0.15, 0.2) is 36.5 Å². The van der Waals surface area contributed by atoms with Crippen LogP contribution in [-0.4, -0.2) is 12.1 Å². The van der Waals surface area contributed by atoms with Crippen molar-refractivity contribution in [2.24, 2.45) is 0 Å². The Morgan fingerprint density at radius 1 is 1.21 bits per heavy atom. The van der Waals surface area contributed by atoms with Crippen molar-refractivity contribution in [2.45, 2.75) is 26.9 Å². The highest BCUT2D eigenvalue weighted by Crippen LogP contribution is 2.23. The Hall–Kier alpha value is -2.03. The van der Waals surface area contributed by atoms with Gasteiger partial charge in [-0.25, -0.2) is 0 Å². The number of aromatic nitrogens is 1. The molecule has 0 fully saturated rings. The van der Waals surface area contributed by atoms with Gasteiger partial charge < -0.3 is 9.47 Å². The molecular formula is C16H19NO2. The van der Waals surface area contributed by atoms with Crippen LogP contribution in [0, 0.1) is 6.92 Å². The molecule has 2 aromatic rings. The van der Waals surface area contributed by atoms with Gasteiger partial charge in [-0.05, 0) is 42.7 Å². The second-order valence-corrected chi connectivity index (χ2v) is 4.38. The van der Waals surface area contributed by atoms with Crippen LogP contribution in [0.5, 0.6) is 11.5 Å². The topological polar surface area (TPSA) is 31.4 Å². The van der Waals surface area contributed by atoms with Gasteiger partial charge in [0.25, 0.3) is 0 Å². The molecule has 0 aliphatic rings. The lowest BCUT2D eigenvalue weighted by atomic mass is 10.1. The number of benzene rings is 1. The van der Waals surface area contributed by atoms with Crippen molar-refractivity contribution in [1.29, 1.82) is 0 Å². The Morgan fingerprint density at radius 3 is 2.79 bits per heavy atom. The van der Waals surface area contributed by atoms with Crippen molar-refractivity contribution in [3.8, 4) is 11.5 Å². The molecule has 1 aromatic heterocycles. The van der Waals surface area contributed by atoms with E-state index in [-0.39, 0.29) is 0 Å². The van der Waals surface area contributed by atoms with E-state index in [1.54, 1.807) is 7.11 Å². The fourth-order valence-corrected chi connectivity index (χ4v) is 2.00. The molecule has 0 bridgehead atoms. The summed E-state index contributed by atoms with van der Waals surface area (Å²) in [5.74, 6) is 1.74. The molecule has 0 N–H and O–H groups in total. The molecule has 0 atom stereocenters. The summed E-state index contributed by atoms with van der Waals surface area (Å²) in [6, 6.07) is 9.91.